The van der Waals surface area contributed by atoms with Gasteiger partial charge in [0.2, 0.25) is 5.56 Å². The lowest BCUT2D eigenvalue weighted by Crippen LogP contribution is -2.41. The van der Waals surface area contributed by atoms with Crippen LogP contribution < -0.4 is 5.56 Å². The van der Waals surface area contributed by atoms with Crippen LogP contribution in [-0.4, -0.2) is 57.4 Å². The number of amides is 2. The molecule has 2 aliphatic rings. The number of nitrogens with one attached hydrogen (secondary N) is 1. The highest BCUT2D eigenvalue weighted by Gasteiger charge is 2.39. The van der Waals surface area contributed by atoms with Crippen molar-refractivity contribution in [3.63, 3.8) is 0 Å². The van der Waals surface area contributed by atoms with Crippen LogP contribution in [0.1, 0.15) is 45.7 Å². The summed E-state index contributed by atoms with van der Waals surface area (Å²) in [5, 5.41) is 13.0. The molecule has 1 aromatic carbocycles. The maximum Gasteiger partial charge on any atom is 0.254 e. The van der Waals surface area contributed by atoms with Gasteiger partial charge in [-0.3, -0.25) is 14.4 Å². The zero-order chi connectivity index (χ0) is 22.4. The fourth-order valence-electron chi connectivity index (χ4n) is 5.15. The summed E-state index contributed by atoms with van der Waals surface area (Å²) < 4.78 is 0.898. The predicted molar refractivity (Wildman–Crippen MR) is 123 cm³/mol. The molecule has 2 N–H and O–H groups in total. The third-order valence-corrected chi connectivity index (χ3v) is 7.50. The fraction of sp³-hybridized carbons (Fsp3) is 0.375. The van der Waals surface area contributed by atoms with Crippen LogP contribution in [0.2, 0.25) is 0 Å². The second kappa shape index (κ2) is 8.09. The van der Waals surface area contributed by atoms with E-state index in [1.54, 1.807) is 24.0 Å². The zero-order valence-corrected chi connectivity index (χ0v) is 18.7. The first-order chi connectivity index (χ1) is 15.4. The number of carbonyl (C=O) groups is 2. The van der Waals surface area contributed by atoms with Crippen LogP contribution in [-0.2, 0) is 0 Å². The van der Waals surface area contributed by atoms with Gasteiger partial charge in [-0.25, -0.2) is 0 Å². The Morgan fingerprint density at radius 1 is 1.09 bits per heavy atom. The Morgan fingerprint density at radius 3 is 2.72 bits per heavy atom. The molecule has 0 spiro atoms. The van der Waals surface area contributed by atoms with Gasteiger partial charge in [0, 0.05) is 58.6 Å². The smallest absolute Gasteiger partial charge is 0.254 e. The first-order valence-corrected chi connectivity index (χ1v) is 11.8. The van der Waals surface area contributed by atoms with Gasteiger partial charge >= 0.3 is 0 Å². The van der Waals surface area contributed by atoms with Crippen molar-refractivity contribution in [2.45, 2.75) is 32.2 Å². The molecule has 0 bridgehead atoms. The number of aromatic hydroxyl groups is 1. The number of H-pyrrole nitrogens is 1. The molecule has 3 aromatic rings. The number of aromatic nitrogens is 1. The van der Waals surface area contributed by atoms with Gasteiger partial charge in [-0.05, 0) is 61.7 Å². The molecule has 8 heteroatoms. The molecule has 2 saturated heterocycles. The lowest BCUT2D eigenvalue weighted by Gasteiger charge is -2.29. The number of likely N-dealkylation sites (tertiary alicyclic amines) is 2. The maximum atomic E-state index is 13.3. The van der Waals surface area contributed by atoms with Crippen molar-refractivity contribution < 1.29 is 14.7 Å². The van der Waals surface area contributed by atoms with Gasteiger partial charge in [0.25, 0.3) is 11.8 Å². The van der Waals surface area contributed by atoms with Gasteiger partial charge in [0.05, 0.1) is 0 Å². The van der Waals surface area contributed by atoms with Crippen LogP contribution in [0.4, 0.5) is 0 Å². The number of fused-ring (bicyclic) bond motifs is 1. The summed E-state index contributed by atoms with van der Waals surface area (Å²) in [7, 11) is 0. The maximum absolute atomic E-state index is 13.3. The Hall–Kier alpha value is -3.13. The molecule has 32 heavy (non-hydrogen) atoms. The minimum Gasteiger partial charge on any atom is -0.507 e. The predicted octanol–water partition coefficient (Wildman–Crippen LogP) is 3.37. The lowest BCUT2D eigenvalue weighted by molar-refractivity contribution is 0.0681. The molecule has 2 unspecified atom stereocenters. The van der Waals surface area contributed by atoms with Crippen LogP contribution in [0.3, 0.4) is 0 Å². The second-order valence-corrected chi connectivity index (χ2v) is 9.70. The van der Waals surface area contributed by atoms with Gasteiger partial charge in [0.1, 0.15) is 5.75 Å². The number of pyridine rings is 1. The van der Waals surface area contributed by atoms with E-state index in [0.717, 1.165) is 29.3 Å². The van der Waals surface area contributed by atoms with E-state index in [-0.39, 0.29) is 35.1 Å². The Morgan fingerprint density at radius 2 is 1.91 bits per heavy atom. The van der Waals surface area contributed by atoms with Gasteiger partial charge in [-0.1, -0.05) is 0 Å². The molecule has 0 aliphatic carbocycles. The SMILES string of the molecule is Cc1cc(C(=O)N2CCC(C3CCCN3C(=O)c3cc(O)c4ccsc4c3)C2)cc(=O)[nH]1. The topological polar surface area (TPSA) is 93.7 Å². The molecule has 2 aliphatic heterocycles. The minimum atomic E-state index is -0.275. The largest absolute Gasteiger partial charge is 0.507 e. The van der Waals surface area contributed by atoms with E-state index in [2.05, 4.69) is 4.98 Å². The number of benzene rings is 1. The third kappa shape index (κ3) is 3.68. The molecule has 0 saturated carbocycles. The number of hydrogen-bond acceptors (Lipinski definition) is 5. The number of carbonyl (C=O) groups excluding carboxylic acids is 2. The van der Waals surface area contributed by atoms with Gasteiger partial charge < -0.3 is 19.9 Å². The number of rotatable bonds is 3. The number of phenolic OH excluding ortho intramolecular Hbond substituents is 1. The number of aromatic amines is 1. The Labute approximate surface area is 189 Å². The molecule has 2 amide bonds. The average molecular weight is 452 g/mol. The van der Waals surface area contributed by atoms with E-state index in [0.29, 0.717) is 36.5 Å². The molecular weight excluding hydrogens is 426 g/mol. The van der Waals surface area contributed by atoms with Crippen molar-refractivity contribution >= 4 is 33.2 Å². The average Bonchev–Trinajstić information content (AvgIpc) is 3.51. The van der Waals surface area contributed by atoms with Crippen molar-refractivity contribution in [1.29, 1.82) is 0 Å². The fourth-order valence-corrected chi connectivity index (χ4v) is 6.00. The third-order valence-electron chi connectivity index (χ3n) is 6.64. The monoisotopic (exact) mass is 451 g/mol. The highest BCUT2D eigenvalue weighted by Crippen LogP contribution is 2.35. The number of aryl methyl sites for hydroxylation is 1. The molecule has 7 nitrogen and oxygen atoms in total. The molecule has 4 heterocycles. The van der Waals surface area contributed by atoms with Crippen molar-refractivity contribution in [1.82, 2.24) is 14.8 Å². The van der Waals surface area contributed by atoms with Crippen molar-refractivity contribution in [2.24, 2.45) is 5.92 Å². The molecule has 2 aromatic heterocycles. The van der Waals surface area contributed by atoms with E-state index in [9.17, 15) is 19.5 Å². The molecule has 0 radical (unpaired) electrons. The van der Waals surface area contributed by atoms with Crippen LogP contribution >= 0.6 is 11.3 Å². The van der Waals surface area contributed by atoms with Crippen LogP contribution in [0, 0.1) is 12.8 Å². The summed E-state index contributed by atoms with van der Waals surface area (Å²) in [4.78, 5) is 44.4. The highest BCUT2D eigenvalue weighted by molar-refractivity contribution is 7.17. The van der Waals surface area contributed by atoms with Crippen molar-refractivity contribution in [2.75, 3.05) is 19.6 Å². The highest BCUT2D eigenvalue weighted by atomic mass is 32.1. The van der Waals surface area contributed by atoms with E-state index < -0.39 is 0 Å². The standard InChI is InChI=1S/C24H25N3O4S/c1-14-9-16(12-22(29)25-14)23(30)26-7-4-15(13-26)19-3-2-6-27(19)24(31)17-10-20(28)18-5-8-32-21(18)11-17/h5,8-12,15,19,28H,2-4,6-7,13H2,1H3,(H,25,29). The summed E-state index contributed by atoms with van der Waals surface area (Å²) in [6.45, 7) is 3.65. The summed E-state index contributed by atoms with van der Waals surface area (Å²) in [5.41, 5.74) is 1.30. The summed E-state index contributed by atoms with van der Waals surface area (Å²) >= 11 is 1.51. The summed E-state index contributed by atoms with van der Waals surface area (Å²) in [6, 6.07) is 8.40. The van der Waals surface area contributed by atoms with Crippen molar-refractivity contribution in [3.05, 3.63) is 62.9 Å². The Bertz CT molecular complexity index is 1260. The first kappa shape index (κ1) is 20.8. The summed E-state index contributed by atoms with van der Waals surface area (Å²) in [5.74, 6) is 0.139. The molecule has 2 fully saturated rings. The molecular formula is C24H25N3O4S. The lowest BCUT2D eigenvalue weighted by atomic mass is 9.96. The number of phenols is 1. The van der Waals surface area contributed by atoms with Gasteiger partial charge in [0.15, 0.2) is 0 Å². The first-order valence-electron chi connectivity index (χ1n) is 10.9. The number of hydrogen-bond donors (Lipinski definition) is 2. The van der Waals surface area contributed by atoms with E-state index in [1.165, 1.54) is 17.4 Å². The minimum absolute atomic E-state index is 0.0619. The van der Waals surface area contributed by atoms with E-state index in [4.69, 9.17) is 0 Å². The van der Waals surface area contributed by atoms with E-state index in [1.807, 2.05) is 22.4 Å². The second-order valence-electron chi connectivity index (χ2n) is 8.75. The van der Waals surface area contributed by atoms with Crippen molar-refractivity contribution in [3.8, 4) is 5.75 Å². The zero-order valence-electron chi connectivity index (χ0n) is 17.8. The number of thiophene rings is 1. The van der Waals surface area contributed by atoms with Gasteiger partial charge in [-0.2, -0.15) is 0 Å². The van der Waals surface area contributed by atoms with Crippen LogP contribution in [0.15, 0.2) is 40.5 Å². The molecule has 166 valence electrons. The normalized spacial score (nSPS) is 20.9. The van der Waals surface area contributed by atoms with Gasteiger partial charge in [-0.15, -0.1) is 11.3 Å². The Kier molecular flexibility index (Phi) is 5.25. The molecule has 2 atom stereocenters. The molecule has 5 rings (SSSR count). The van der Waals surface area contributed by atoms with E-state index >= 15 is 0 Å². The quantitative estimate of drug-likeness (QED) is 0.639. The summed E-state index contributed by atoms with van der Waals surface area (Å²) in [6.07, 6.45) is 2.68. The Balaban J connectivity index is 1.33. The van der Waals surface area contributed by atoms with Crippen LogP contribution in [0.25, 0.3) is 10.1 Å². The van der Waals surface area contributed by atoms with Crippen LogP contribution in [0.5, 0.6) is 5.75 Å². The number of nitrogens with zero attached hydrogens (tertiary/aromatic N) is 2.